The van der Waals surface area contributed by atoms with Crippen LogP contribution < -0.4 is 4.90 Å². The van der Waals surface area contributed by atoms with Crippen LogP contribution in [0.1, 0.15) is 35.6 Å². The molecule has 1 atom stereocenters. The van der Waals surface area contributed by atoms with Gasteiger partial charge in [0.2, 0.25) is 0 Å². The Morgan fingerprint density at radius 1 is 1.61 bits per heavy atom. The summed E-state index contributed by atoms with van der Waals surface area (Å²) in [4.78, 5) is 17.7. The number of carboxylic acid groups (broad SMARTS) is 1. The molecule has 1 unspecified atom stereocenters. The van der Waals surface area contributed by atoms with Gasteiger partial charge in [-0.2, -0.15) is 0 Å². The standard InChI is InChI=1S/C12H20N2O3S/c1-5-8(2)6-14(3)12-13-9(7-17-4)10(18-12)11(15)16/h8H,5-7H2,1-4H3,(H,15,16). The summed E-state index contributed by atoms with van der Waals surface area (Å²) in [5.41, 5.74) is 0.501. The summed E-state index contributed by atoms with van der Waals surface area (Å²) in [6.07, 6.45) is 1.09. The van der Waals surface area contributed by atoms with Gasteiger partial charge in [-0.05, 0) is 5.92 Å². The Morgan fingerprint density at radius 3 is 2.78 bits per heavy atom. The minimum atomic E-state index is -0.942. The fourth-order valence-corrected chi connectivity index (χ4v) is 2.46. The van der Waals surface area contributed by atoms with Gasteiger partial charge in [-0.25, -0.2) is 9.78 Å². The van der Waals surface area contributed by atoms with Crippen LogP contribution in [0.15, 0.2) is 0 Å². The summed E-state index contributed by atoms with van der Waals surface area (Å²) in [6.45, 7) is 5.41. The Hall–Kier alpha value is -1.14. The third-order valence-electron chi connectivity index (χ3n) is 2.77. The van der Waals surface area contributed by atoms with Crippen LogP contribution in [0.3, 0.4) is 0 Å². The monoisotopic (exact) mass is 272 g/mol. The van der Waals surface area contributed by atoms with E-state index in [0.717, 1.165) is 18.1 Å². The molecule has 102 valence electrons. The van der Waals surface area contributed by atoms with Gasteiger partial charge in [0.05, 0.1) is 12.3 Å². The predicted octanol–water partition coefficient (Wildman–Crippen LogP) is 2.47. The maximum atomic E-state index is 11.1. The first-order valence-corrected chi connectivity index (χ1v) is 6.74. The van der Waals surface area contributed by atoms with Crippen LogP contribution in [-0.4, -0.2) is 36.8 Å². The molecule has 0 aliphatic heterocycles. The lowest BCUT2D eigenvalue weighted by Gasteiger charge is -2.19. The lowest BCUT2D eigenvalue weighted by Crippen LogP contribution is -2.23. The van der Waals surface area contributed by atoms with E-state index in [1.54, 1.807) is 0 Å². The van der Waals surface area contributed by atoms with E-state index in [1.807, 2.05) is 11.9 Å². The molecular formula is C12H20N2O3S. The minimum Gasteiger partial charge on any atom is -0.477 e. The van der Waals surface area contributed by atoms with Crippen LogP contribution >= 0.6 is 11.3 Å². The van der Waals surface area contributed by atoms with Gasteiger partial charge >= 0.3 is 5.97 Å². The Labute approximate surface area is 111 Å². The highest BCUT2D eigenvalue weighted by atomic mass is 32.1. The number of hydrogen-bond acceptors (Lipinski definition) is 5. The van der Waals surface area contributed by atoms with Gasteiger partial charge in [0.1, 0.15) is 4.88 Å². The molecule has 6 heteroatoms. The molecule has 1 aromatic rings. The summed E-state index contributed by atoms with van der Waals surface area (Å²) in [7, 11) is 3.47. The molecule has 5 nitrogen and oxygen atoms in total. The molecule has 0 aliphatic carbocycles. The minimum absolute atomic E-state index is 0.231. The third kappa shape index (κ3) is 3.68. The molecule has 0 fully saturated rings. The van der Waals surface area contributed by atoms with Crippen LogP contribution in [0.25, 0.3) is 0 Å². The van der Waals surface area contributed by atoms with Gasteiger partial charge in [0.15, 0.2) is 5.13 Å². The number of ether oxygens (including phenoxy) is 1. The summed E-state index contributed by atoms with van der Waals surface area (Å²) in [5, 5.41) is 9.85. The molecule has 0 saturated heterocycles. The first-order valence-electron chi connectivity index (χ1n) is 5.92. The maximum Gasteiger partial charge on any atom is 0.347 e. The van der Waals surface area contributed by atoms with E-state index < -0.39 is 5.97 Å². The van der Waals surface area contributed by atoms with E-state index in [0.29, 0.717) is 11.6 Å². The number of carboxylic acids is 1. The molecule has 18 heavy (non-hydrogen) atoms. The smallest absolute Gasteiger partial charge is 0.347 e. The summed E-state index contributed by atoms with van der Waals surface area (Å²) in [6, 6.07) is 0. The van der Waals surface area contributed by atoms with Crippen molar-refractivity contribution in [2.75, 3.05) is 25.6 Å². The molecule has 0 saturated carbocycles. The highest BCUT2D eigenvalue weighted by Gasteiger charge is 2.19. The molecule has 1 rings (SSSR count). The SMILES string of the molecule is CCC(C)CN(C)c1nc(COC)c(C(=O)O)s1. The average molecular weight is 272 g/mol. The molecule has 0 amide bonds. The quantitative estimate of drug-likeness (QED) is 0.826. The zero-order valence-corrected chi connectivity index (χ0v) is 12.1. The Kier molecular flexibility index (Phi) is 5.55. The van der Waals surface area contributed by atoms with Crippen molar-refractivity contribution in [3.63, 3.8) is 0 Å². The fourth-order valence-electron chi connectivity index (χ4n) is 1.58. The van der Waals surface area contributed by atoms with Crippen LogP contribution in [0.2, 0.25) is 0 Å². The zero-order valence-electron chi connectivity index (χ0n) is 11.3. The molecule has 0 radical (unpaired) electrons. The van der Waals surface area contributed by atoms with Crippen LogP contribution in [0.4, 0.5) is 5.13 Å². The number of anilines is 1. The van der Waals surface area contributed by atoms with Gasteiger partial charge in [-0.1, -0.05) is 31.6 Å². The highest BCUT2D eigenvalue weighted by molar-refractivity contribution is 7.17. The van der Waals surface area contributed by atoms with Crippen molar-refractivity contribution in [1.82, 2.24) is 4.98 Å². The Morgan fingerprint density at radius 2 is 2.28 bits per heavy atom. The van der Waals surface area contributed by atoms with Gasteiger partial charge in [0.25, 0.3) is 0 Å². The first-order chi connectivity index (χ1) is 8.49. The Bertz CT molecular complexity index is 406. The molecule has 0 aliphatic rings. The van der Waals surface area contributed by atoms with Crippen LogP contribution in [0.5, 0.6) is 0 Å². The van der Waals surface area contributed by atoms with E-state index in [1.165, 1.54) is 18.4 Å². The van der Waals surface area contributed by atoms with E-state index in [4.69, 9.17) is 9.84 Å². The van der Waals surface area contributed by atoms with Crippen molar-refractivity contribution in [2.24, 2.45) is 5.92 Å². The summed E-state index contributed by atoms with van der Waals surface area (Å²) < 4.78 is 4.98. The highest BCUT2D eigenvalue weighted by Crippen LogP contribution is 2.27. The molecule has 0 bridgehead atoms. The second kappa shape index (κ2) is 6.70. The van der Waals surface area contributed by atoms with Crippen LogP contribution in [-0.2, 0) is 11.3 Å². The first kappa shape index (κ1) is 14.9. The van der Waals surface area contributed by atoms with Crippen LogP contribution in [0, 0.1) is 5.92 Å². The molecular weight excluding hydrogens is 252 g/mol. The maximum absolute atomic E-state index is 11.1. The van der Waals surface area contributed by atoms with Gasteiger partial charge in [0, 0.05) is 20.7 Å². The largest absolute Gasteiger partial charge is 0.477 e. The predicted molar refractivity (Wildman–Crippen MR) is 72.5 cm³/mol. The summed E-state index contributed by atoms with van der Waals surface area (Å²) >= 11 is 1.20. The molecule has 1 N–H and O–H groups in total. The van der Waals surface area contributed by atoms with Gasteiger partial charge in [-0.15, -0.1) is 0 Å². The van der Waals surface area contributed by atoms with E-state index >= 15 is 0 Å². The van der Waals surface area contributed by atoms with Crippen molar-refractivity contribution in [3.8, 4) is 0 Å². The molecule has 1 heterocycles. The van der Waals surface area contributed by atoms with E-state index in [-0.39, 0.29) is 11.5 Å². The summed E-state index contributed by atoms with van der Waals surface area (Å²) in [5.74, 6) is -0.388. The molecule has 1 aromatic heterocycles. The fraction of sp³-hybridized carbons (Fsp3) is 0.667. The van der Waals surface area contributed by atoms with Gasteiger partial charge in [-0.3, -0.25) is 0 Å². The number of rotatable bonds is 7. The number of aromatic carboxylic acids is 1. The van der Waals surface area contributed by atoms with Gasteiger partial charge < -0.3 is 14.7 Å². The van der Waals surface area contributed by atoms with E-state index in [9.17, 15) is 4.79 Å². The van der Waals surface area contributed by atoms with Crippen molar-refractivity contribution in [3.05, 3.63) is 10.6 Å². The topological polar surface area (TPSA) is 62.7 Å². The van der Waals surface area contributed by atoms with Crippen molar-refractivity contribution in [2.45, 2.75) is 26.9 Å². The number of carbonyl (C=O) groups is 1. The Balaban J connectivity index is 2.89. The van der Waals surface area contributed by atoms with Crippen molar-refractivity contribution in [1.29, 1.82) is 0 Å². The normalized spacial score (nSPS) is 12.4. The number of aromatic nitrogens is 1. The number of hydrogen-bond donors (Lipinski definition) is 1. The number of thiazole rings is 1. The third-order valence-corrected chi connectivity index (χ3v) is 3.97. The lowest BCUT2D eigenvalue weighted by atomic mass is 10.1. The van der Waals surface area contributed by atoms with Crippen molar-refractivity contribution < 1.29 is 14.6 Å². The van der Waals surface area contributed by atoms with E-state index in [2.05, 4.69) is 18.8 Å². The molecule has 0 aromatic carbocycles. The average Bonchev–Trinajstić information content (AvgIpc) is 2.73. The molecule has 0 spiro atoms. The van der Waals surface area contributed by atoms with Crippen molar-refractivity contribution >= 4 is 22.4 Å². The lowest BCUT2D eigenvalue weighted by molar-refractivity contribution is 0.0697. The second-order valence-electron chi connectivity index (χ2n) is 4.40. The number of nitrogens with zero attached hydrogens (tertiary/aromatic N) is 2. The number of methoxy groups -OCH3 is 1. The zero-order chi connectivity index (χ0) is 13.7. The second-order valence-corrected chi connectivity index (χ2v) is 5.38.